The van der Waals surface area contributed by atoms with Crippen LogP contribution in [0.1, 0.15) is 5.69 Å². The van der Waals surface area contributed by atoms with Gasteiger partial charge in [0, 0.05) is 12.4 Å². The summed E-state index contributed by atoms with van der Waals surface area (Å²) in [4.78, 5) is 16.7. The number of nitrogens with zero attached hydrogens (tertiary/aromatic N) is 4. The zero-order valence-electron chi connectivity index (χ0n) is 13.3. The van der Waals surface area contributed by atoms with Crippen molar-refractivity contribution in [2.75, 3.05) is 0 Å². The van der Waals surface area contributed by atoms with Crippen LogP contribution in [0.2, 0.25) is 5.02 Å². The Bertz CT molecular complexity index is 1230. The zero-order chi connectivity index (χ0) is 18.6. The highest BCUT2D eigenvalue weighted by atomic mass is 35.5. The lowest BCUT2D eigenvalue weighted by atomic mass is 10.2. The Kier molecular flexibility index (Phi) is 3.55. The molecule has 3 heterocycles. The van der Waals surface area contributed by atoms with Crippen LogP contribution in [-0.2, 0) is 13.2 Å². The monoisotopic (exact) mass is 378 g/mol. The molecule has 0 N–H and O–H groups in total. The fourth-order valence-electron chi connectivity index (χ4n) is 2.95. The summed E-state index contributed by atoms with van der Waals surface area (Å²) in [5.41, 5.74) is -1.10. The summed E-state index contributed by atoms with van der Waals surface area (Å²) < 4.78 is 42.0. The van der Waals surface area contributed by atoms with Crippen LogP contribution in [0.5, 0.6) is 0 Å². The van der Waals surface area contributed by atoms with Crippen molar-refractivity contribution in [1.82, 2.24) is 19.3 Å². The lowest BCUT2D eigenvalue weighted by Crippen LogP contribution is -2.21. The first-order chi connectivity index (χ1) is 12.3. The molecule has 0 saturated carbocycles. The van der Waals surface area contributed by atoms with Gasteiger partial charge in [-0.1, -0.05) is 23.7 Å². The molecule has 0 spiro atoms. The molecule has 4 rings (SSSR count). The number of hydrogen-bond donors (Lipinski definition) is 0. The smallest absolute Gasteiger partial charge is 0.268 e. The number of aromatic nitrogens is 4. The highest BCUT2D eigenvalue weighted by Gasteiger charge is 2.33. The zero-order valence-corrected chi connectivity index (χ0v) is 14.0. The third-order valence-corrected chi connectivity index (χ3v) is 4.42. The van der Waals surface area contributed by atoms with Crippen molar-refractivity contribution in [3.63, 3.8) is 0 Å². The molecular formula is C17H10ClF3N4O. The normalized spacial score (nSPS) is 12.2. The first-order valence-electron chi connectivity index (χ1n) is 7.48. The van der Waals surface area contributed by atoms with Crippen LogP contribution in [0.25, 0.3) is 27.6 Å². The topological polar surface area (TPSA) is 52.7 Å². The quantitative estimate of drug-likeness (QED) is 0.504. The molecule has 0 aliphatic heterocycles. The number of halogens is 4. The van der Waals surface area contributed by atoms with Gasteiger partial charge in [-0.2, -0.15) is 18.3 Å². The van der Waals surface area contributed by atoms with E-state index in [-0.39, 0.29) is 21.7 Å². The molecule has 9 heteroatoms. The Morgan fingerprint density at radius 3 is 2.50 bits per heavy atom. The molecule has 4 aromatic rings. The number of para-hydroxylation sites is 1. The van der Waals surface area contributed by atoms with E-state index >= 15 is 0 Å². The third-order valence-electron chi connectivity index (χ3n) is 4.10. The second-order valence-corrected chi connectivity index (χ2v) is 6.10. The van der Waals surface area contributed by atoms with Gasteiger partial charge in [0.2, 0.25) is 0 Å². The Balaban J connectivity index is 2.26. The number of fused-ring (bicyclic) bond motifs is 3. The van der Waals surface area contributed by atoms with Crippen LogP contribution in [0, 0.1) is 0 Å². The molecule has 0 unspecified atom stereocenters. The standard InChI is InChI=1S/C17H10ClF3N4O/c1-24-14-9-6-7-13(17(19,20)21)23-15(9)25(16(26)10(14)8-22-24)12-5-3-2-4-11(12)18/h2-8H,1H3. The van der Waals surface area contributed by atoms with Crippen molar-refractivity contribution < 1.29 is 13.2 Å². The average Bonchev–Trinajstić information content (AvgIpc) is 2.98. The third kappa shape index (κ3) is 2.37. The van der Waals surface area contributed by atoms with Gasteiger partial charge in [0.25, 0.3) is 5.56 Å². The van der Waals surface area contributed by atoms with Gasteiger partial charge in [-0.3, -0.25) is 14.0 Å². The molecule has 0 saturated heterocycles. The lowest BCUT2D eigenvalue weighted by molar-refractivity contribution is -0.141. The van der Waals surface area contributed by atoms with Crippen molar-refractivity contribution in [2.45, 2.75) is 6.18 Å². The van der Waals surface area contributed by atoms with E-state index in [0.717, 1.165) is 10.6 Å². The number of pyridine rings is 2. The summed E-state index contributed by atoms with van der Waals surface area (Å²) >= 11 is 6.19. The first-order valence-corrected chi connectivity index (χ1v) is 7.86. The second kappa shape index (κ2) is 5.57. The minimum atomic E-state index is -4.64. The predicted octanol–water partition coefficient (Wildman–Crippen LogP) is 3.94. The van der Waals surface area contributed by atoms with Crippen LogP contribution in [0.3, 0.4) is 0 Å². The largest absolute Gasteiger partial charge is 0.433 e. The van der Waals surface area contributed by atoms with Crippen molar-refractivity contribution in [1.29, 1.82) is 0 Å². The van der Waals surface area contributed by atoms with E-state index in [0.29, 0.717) is 10.9 Å². The van der Waals surface area contributed by atoms with Crippen LogP contribution >= 0.6 is 11.6 Å². The second-order valence-electron chi connectivity index (χ2n) is 5.69. The van der Waals surface area contributed by atoms with Gasteiger partial charge in [0.15, 0.2) is 0 Å². The van der Waals surface area contributed by atoms with Gasteiger partial charge >= 0.3 is 6.18 Å². The molecule has 26 heavy (non-hydrogen) atoms. The summed E-state index contributed by atoms with van der Waals surface area (Å²) in [5, 5.41) is 4.91. The van der Waals surface area contributed by atoms with Crippen LogP contribution in [0.15, 0.2) is 47.4 Å². The minimum Gasteiger partial charge on any atom is -0.268 e. The molecule has 0 atom stereocenters. The van der Waals surface area contributed by atoms with E-state index in [9.17, 15) is 18.0 Å². The van der Waals surface area contributed by atoms with E-state index in [2.05, 4.69) is 10.1 Å². The fourth-order valence-corrected chi connectivity index (χ4v) is 3.17. The minimum absolute atomic E-state index is 0.131. The Labute approximate surface area is 149 Å². The van der Waals surface area contributed by atoms with Gasteiger partial charge in [-0.05, 0) is 24.3 Å². The Morgan fingerprint density at radius 1 is 1.08 bits per heavy atom. The molecule has 132 valence electrons. The van der Waals surface area contributed by atoms with Crippen molar-refractivity contribution in [2.24, 2.45) is 7.05 Å². The molecule has 3 aromatic heterocycles. The van der Waals surface area contributed by atoms with Gasteiger partial charge in [-0.25, -0.2) is 4.98 Å². The van der Waals surface area contributed by atoms with Crippen LogP contribution in [-0.4, -0.2) is 19.3 Å². The van der Waals surface area contributed by atoms with Gasteiger partial charge < -0.3 is 0 Å². The van der Waals surface area contributed by atoms with Crippen molar-refractivity contribution >= 4 is 33.5 Å². The van der Waals surface area contributed by atoms with Gasteiger partial charge in [-0.15, -0.1) is 0 Å². The number of alkyl halides is 3. The highest BCUT2D eigenvalue weighted by molar-refractivity contribution is 6.32. The van der Waals surface area contributed by atoms with Gasteiger partial charge in [0.05, 0.1) is 27.8 Å². The average molecular weight is 379 g/mol. The molecule has 1 aromatic carbocycles. The summed E-state index contributed by atoms with van der Waals surface area (Å²) in [5.74, 6) is 0. The van der Waals surface area contributed by atoms with Gasteiger partial charge in [0.1, 0.15) is 11.3 Å². The fraction of sp³-hybridized carbons (Fsp3) is 0.118. The highest BCUT2D eigenvalue weighted by Crippen LogP contribution is 2.32. The maximum absolute atomic E-state index is 13.2. The molecule has 0 amide bonds. The van der Waals surface area contributed by atoms with Crippen LogP contribution < -0.4 is 5.56 Å². The van der Waals surface area contributed by atoms with E-state index < -0.39 is 17.4 Å². The Hall–Kier alpha value is -2.87. The number of benzene rings is 1. The maximum Gasteiger partial charge on any atom is 0.433 e. The summed E-state index contributed by atoms with van der Waals surface area (Å²) in [6.45, 7) is 0. The lowest BCUT2D eigenvalue weighted by Gasteiger charge is -2.14. The summed E-state index contributed by atoms with van der Waals surface area (Å²) in [6, 6.07) is 8.58. The molecule has 5 nitrogen and oxygen atoms in total. The van der Waals surface area contributed by atoms with E-state index in [1.54, 1.807) is 31.3 Å². The molecule has 0 fully saturated rings. The van der Waals surface area contributed by atoms with Crippen molar-refractivity contribution in [3.05, 3.63) is 63.7 Å². The van der Waals surface area contributed by atoms with E-state index in [1.807, 2.05) is 0 Å². The van der Waals surface area contributed by atoms with Crippen LogP contribution in [0.4, 0.5) is 13.2 Å². The molecular weight excluding hydrogens is 369 g/mol. The molecule has 0 aliphatic rings. The first kappa shape index (κ1) is 16.6. The molecule has 0 radical (unpaired) electrons. The summed E-state index contributed by atoms with van der Waals surface area (Å²) in [6.07, 6.45) is -3.26. The molecule has 0 bridgehead atoms. The maximum atomic E-state index is 13.2. The number of hydrogen-bond acceptors (Lipinski definition) is 3. The Morgan fingerprint density at radius 2 is 1.81 bits per heavy atom. The van der Waals surface area contributed by atoms with E-state index in [1.165, 1.54) is 16.9 Å². The number of aryl methyl sites for hydroxylation is 1. The number of rotatable bonds is 1. The SMILES string of the molecule is Cn1ncc2c(=O)n(-c3ccccc3Cl)c3nc(C(F)(F)F)ccc3c21. The predicted molar refractivity (Wildman–Crippen MR) is 91.6 cm³/mol. The summed E-state index contributed by atoms with van der Waals surface area (Å²) in [7, 11) is 1.61. The molecule has 0 aliphatic carbocycles. The van der Waals surface area contributed by atoms with E-state index in [4.69, 9.17) is 11.6 Å². The van der Waals surface area contributed by atoms with Crippen molar-refractivity contribution in [3.8, 4) is 5.69 Å².